The molecule has 5 aliphatic carbocycles. The van der Waals surface area contributed by atoms with Gasteiger partial charge in [-0.25, -0.2) is 0 Å². The molecule has 350 valence electrons. The smallest absolute Gasteiger partial charge is 0.306 e. The quantitative estimate of drug-likeness (QED) is 0.0609. The molecule has 0 amide bonds. The minimum atomic E-state index is 0.0875. The summed E-state index contributed by atoms with van der Waals surface area (Å²) >= 11 is 0. The van der Waals surface area contributed by atoms with Gasteiger partial charge in [-0.15, -0.1) is 0 Å². The second-order valence-corrected chi connectivity index (χ2v) is 25.2. The Bertz CT molecular complexity index is 1250. The van der Waals surface area contributed by atoms with Crippen molar-refractivity contribution >= 4 is 5.97 Å². The van der Waals surface area contributed by atoms with Crippen molar-refractivity contribution < 1.29 is 9.53 Å². The number of hydrogen-bond acceptors (Lipinski definition) is 2. The summed E-state index contributed by atoms with van der Waals surface area (Å²) in [6.07, 6.45) is 51.0. The molecule has 0 aromatic carbocycles. The van der Waals surface area contributed by atoms with Crippen molar-refractivity contribution in [3.05, 3.63) is 0 Å². The van der Waals surface area contributed by atoms with Gasteiger partial charge in [0, 0.05) is 6.42 Å². The van der Waals surface area contributed by atoms with Gasteiger partial charge in [0.2, 0.25) is 0 Å². The molecular weight excluding hydrogens is 729 g/mol. The average molecular weight is 835 g/mol. The van der Waals surface area contributed by atoms with Crippen LogP contribution in [-0.2, 0) is 9.53 Å². The van der Waals surface area contributed by atoms with Crippen molar-refractivity contribution in [2.24, 2.45) is 56.2 Å². The molecule has 2 nitrogen and oxygen atoms in total. The molecular formula is C58H106O2. The molecule has 5 aliphatic rings. The fourth-order valence-corrected chi connectivity index (χ4v) is 16.1. The molecule has 0 N–H and O–H groups in total. The van der Waals surface area contributed by atoms with Gasteiger partial charge in [0.1, 0.15) is 6.10 Å². The van der Waals surface area contributed by atoms with E-state index in [4.69, 9.17) is 4.74 Å². The van der Waals surface area contributed by atoms with Gasteiger partial charge in [-0.2, -0.15) is 0 Å². The second kappa shape index (κ2) is 23.1. The zero-order valence-corrected chi connectivity index (χ0v) is 42.4. The molecule has 2 heteroatoms. The van der Waals surface area contributed by atoms with E-state index in [-0.39, 0.29) is 17.5 Å². The van der Waals surface area contributed by atoms with Crippen LogP contribution in [0.1, 0.15) is 300 Å². The molecule has 0 aromatic heterocycles. The number of rotatable bonds is 27. The van der Waals surface area contributed by atoms with Gasteiger partial charge in [-0.05, 0) is 133 Å². The summed E-state index contributed by atoms with van der Waals surface area (Å²) < 4.78 is 6.41. The topological polar surface area (TPSA) is 26.3 Å². The molecule has 5 fully saturated rings. The Morgan fingerprint density at radius 2 is 0.883 bits per heavy atom. The number of carbonyl (C=O) groups is 1. The zero-order valence-electron chi connectivity index (χ0n) is 42.4. The van der Waals surface area contributed by atoms with Gasteiger partial charge in [0.25, 0.3) is 0 Å². The van der Waals surface area contributed by atoms with E-state index in [1.165, 1.54) is 218 Å². The minimum absolute atomic E-state index is 0.0875. The van der Waals surface area contributed by atoms with Crippen LogP contribution in [0.3, 0.4) is 0 Å². The van der Waals surface area contributed by atoms with Crippen LogP contribution >= 0.6 is 0 Å². The predicted molar refractivity (Wildman–Crippen MR) is 260 cm³/mol. The van der Waals surface area contributed by atoms with Crippen LogP contribution in [0, 0.1) is 56.2 Å². The Balaban J connectivity index is 0.884. The molecule has 60 heavy (non-hydrogen) atoms. The molecule has 0 radical (unpaired) electrons. The molecule has 0 aliphatic heterocycles. The fraction of sp³-hybridized carbons (Fsp3) is 0.983. The molecule has 0 spiro atoms. The lowest BCUT2D eigenvalue weighted by molar-refractivity contribution is -0.263. The number of ether oxygens (including phenoxy) is 1. The third-order valence-corrected chi connectivity index (χ3v) is 20.7. The van der Waals surface area contributed by atoms with E-state index in [9.17, 15) is 4.79 Å². The number of esters is 1. The Kier molecular flexibility index (Phi) is 19.4. The Labute approximate surface area is 376 Å². The van der Waals surface area contributed by atoms with Crippen molar-refractivity contribution in [2.75, 3.05) is 0 Å². The first-order valence-corrected chi connectivity index (χ1v) is 27.8. The first-order chi connectivity index (χ1) is 28.7. The predicted octanol–water partition coefficient (Wildman–Crippen LogP) is 19.0. The number of hydrogen-bond donors (Lipinski definition) is 0. The van der Waals surface area contributed by atoms with Crippen molar-refractivity contribution in [1.82, 2.24) is 0 Å². The van der Waals surface area contributed by atoms with Gasteiger partial charge in [0.15, 0.2) is 0 Å². The lowest BCUT2D eigenvalue weighted by Gasteiger charge is -2.75. The maximum absolute atomic E-state index is 13.2. The highest BCUT2D eigenvalue weighted by atomic mass is 16.5. The first-order valence-electron chi connectivity index (χ1n) is 27.8. The Morgan fingerprint density at radius 3 is 1.38 bits per heavy atom. The van der Waals surface area contributed by atoms with Crippen LogP contribution in [-0.4, -0.2) is 12.1 Å². The SMILES string of the molecule is CCCCCCCCCCCCCCCCCCCCCCCCCCCC(=O)OC1CCC2C(C)(CCC3C2(C)CCC2(C)C4CC(C)(C)CCC4(C)CCC32C)C1C. The summed E-state index contributed by atoms with van der Waals surface area (Å²) in [6.45, 7) is 23.6. The summed E-state index contributed by atoms with van der Waals surface area (Å²) in [6, 6.07) is 0. The van der Waals surface area contributed by atoms with E-state index in [2.05, 4.69) is 62.3 Å². The number of unbranched alkanes of at least 4 members (excludes halogenated alkanes) is 24. The largest absolute Gasteiger partial charge is 0.462 e. The monoisotopic (exact) mass is 835 g/mol. The van der Waals surface area contributed by atoms with Crippen LogP contribution in [0.5, 0.6) is 0 Å². The molecule has 0 bridgehead atoms. The fourth-order valence-electron chi connectivity index (χ4n) is 16.1. The molecule has 5 saturated carbocycles. The van der Waals surface area contributed by atoms with E-state index in [1.807, 2.05) is 0 Å². The molecule has 5 rings (SSSR count). The highest BCUT2D eigenvalue weighted by molar-refractivity contribution is 5.69. The van der Waals surface area contributed by atoms with Crippen LogP contribution in [0.15, 0.2) is 0 Å². The highest BCUT2D eigenvalue weighted by Crippen LogP contribution is 2.78. The molecule has 0 saturated heterocycles. The van der Waals surface area contributed by atoms with E-state index >= 15 is 0 Å². The van der Waals surface area contributed by atoms with E-state index in [0.29, 0.717) is 39.4 Å². The maximum atomic E-state index is 13.2. The maximum Gasteiger partial charge on any atom is 0.306 e. The third kappa shape index (κ3) is 12.2. The first kappa shape index (κ1) is 50.5. The normalized spacial score (nSPS) is 37.1. The van der Waals surface area contributed by atoms with Crippen molar-refractivity contribution in [2.45, 2.75) is 306 Å². The van der Waals surface area contributed by atoms with Crippen molar-refractivity contribution in [3.63, 3.8) is 0 Å². The van der Waals surface area contributed by atoms with Gasteiger partial charge < -0.3 is 4.74 Å². The number of fused-ring (bicyclic) bond motifs is 7. The molecule has 0 heterocycles. The summed E-state index contributed by atoms with van der Waals surface area (Å²) in [5, 5.41) is 0. The zero-order chi connectivity index (χ0) is 43.3. The van der Waals surface area contributed by atoms with Crippen molar-refractivity contribution in [3.8, 4) is 0 Å². The number of carbonyl (C=O) groups excluding carboxylic acids is 1. The summed E-state index contributed by atoms with van der Waals surface area (Å²) in [5.41, 5.74) is 2.62. The molecule has 0 aromatic rings. The van der Waals surface area contributed by atoms with Gasteiger partial charge in [-0.1, -0.05) is 216 Å². The average Bonchev–Trinajstić information content (AvgIpc) is 3.21. The standard InChI is InChI=1S/C58H106O2/c1-10-11-12-13-14-15-16-17-18-19-20-21-22-23-24-25-26-27-28-29-30-31-32-33-34-35-52(59)60-48-36-37-49-55(6,47(48)2)39-38-50-56(49,7)43-45-58(9)51-46-53(3,4)40-41-54(51,5)42-44-57(50,58)8/h47-51H,10-46H2,1-9H3. The highest BCUT2D eigenvalue weighted by Gasteiger charge is 2.71. The lowest BCUT2D eigenvalue weighted by Crippen LogP contribution is -2.68. The summed E-state index contributed by atoms with van der Waals surface area (Å²) in [7, 11) is 0. The van der Waals surface area contributed by atoms with E-state index < -0.39 is 0 Å². The van der Waals surface area contributed by atoms with E-state index in [1.54, 1.807) is 0 Å². The summed E-state index contributed by atoms with van der Waals surface area (Å²) in [4.78, 5) is 13.2. The second-order valence-electron chi connectivity index (χ2n) is 25.2. The summed E-state index contributed by atoms with van der Waals surface area (Å²) in [5.74, 6) is 3.00. The third-order valence-electron chi connectivity index (χ3n) is 20.7. The van der Waals surface area contributed by atoms with Gasteiger partial charge in [-0.3, -0.25) is 4.79 Å². The van der Waals surface area contributed by atoms with E-state index in [0.717, 1.165) is 30.6 Å². The Hall–Kier alpha value is -0.530. The van der Waals surface area contributed by atoms with Crippen LogP contribution in [0.4, 0.5) is 0 Å². The minimum Gasteiger partial charge on any atom is -0.462 e. The van der Waals surface area contributed by atoms with Crippen molar-refractivity contribution in [1.29, 1.82) is 0 Å². The van der Waals surface area contributed by atoms with Crippen LogP contribution < -0.4 is 0 Å². The van der Waals surface area contributed by atoms with Crippen LogP contribution in [0.2, 0.25) is 0 Å². The Morgan fingerprint density at radius 1 is 0.450 bits per heavy atom. The molecule has 10 atom stereocenters. The van der Waals surface area contributed by atoms with Gasteiger partial charge >= 0.3 is 5.97 Å². The molecule has 10 unspecified atom stereocenters. The van der Waals surface area contributed by atoms with Gasteiger partial charge in [0.05, 0.1) is 0 Å². The lowest BCUT2D eigenvalue weighted by atomic mass is 9.30. The van der Waals surface area contributed by atoms with Crippen LogP contribution in [0.25, 0.3) is 0 Å².